The van der Waals surface area contributed by atoms with Gasteiger partial charge in [-0.2, -0.15) is 4.99 Å². The lowest BCUT2D eigenvalue weighted by molar-refractivity contribution is -0.385. The number of carbonyl (C=O) groups is 2. The second kappa shape index (κ2) is 10.3. The van der Waals surface area contributed by atoms with Gasteiger partial charge in [-0.3, -0.25) is 24.1 Å². The molecule has 0 bridgehead atoms. The van der Waals surface area contributed by atoms with E-state index in [0.717, 1.165) is 6.42 Å². The molecule has 4 heterocycles. The van der Waals surface area contributed by atoms with E-state index in [0.29, 0.717) is 18.7 Å². The number of carbonyl (C=O) groups excluding carboxylic acids is 2. The summed E-state index contributed by atoms with van der Waals surface area (Å²) in [7, 11) is 0. The van der Waals surface area contributed by atoms with Crippen LogP contribution in [0.3, 0.4) is 0 Å². The number of ether oxygens (including phenoxy) is 2. The molecule has 1 amide bonds. The van der Waals surface area contributed by atoms with Gasteiger partial charge in [0.15, 0.2) is 5.49 Å². The van der Waals surface area contributed by atoms with Crippen LogP contribution in [0.2, 0.25) is 0 Å². The third-order valence-corrected chi connectivity index (χ3v) is 6.23. The minimum atomic E-state index is -0.930. The first-order valence-electron chi connectivity index (χ1n) is 12.0. The van der Waals surface area contributed by atoms with Crippen molar-refractivity contribution >= 4 is 34.2 Å². The van der Waals surface area contributed by atoms with Gasteiger partial charge in [-0.05, 0) is 44.0 Å². The number of hydrogen-bond acceptors (Lipinski definition) is 8. The van der Waals surface area contributed by atoms with Crippen molar-refractivity contribution in [1.82, 2.24) is 14.0 Å². The summed E-state index contributed by atoms with van der Waals surface area (Å²) in [5.74, 6) is -1.73. The first kappa shape index (κ1) is 25.0. The van der Waals surface area contributed by atoms with E-state index in [9.17, 15) is 24.5 Å². The lowest BCUT2D eigenvalue weighted by atomic mass is 10.1. The van der Waals surface area contributed by atoms with Gasteiger partial charge in [-0.15, -0.1) is 0 Å². The predicted molar refractivity (Wildman–Crippen MR) is 135 cm³/mol. The number of nitro groups is 1. The Kier molecular flexibility index (Phi) is 6.79. The van der Waals surface area contributed by atoms with Crippen molar-refractivity contribution in [3.05, 3.63) is 91.8 Å². The Labute approximate surface area is 214 Å². The van der Waals surface area contributed by atoms with Crippen LogP contribution in [0.15, 0.2) is 64.5 Å². The molecule has 1 aliphatic rings. The third kappa shape index (κ3) is 4.57. The summed E-state index contributed by atoms with van der Waals surface area (Å²) in [6.07, 6.45) is 2.81. The number of pyridine rings is 2. The number of nitrogens with zero attached hydrogens (tertiary/aromatic N) is 5. The van der Waals surface area contributed by atoms with Gasteiger partial charge in [-0.25, -0.2) is 9.78 Å². The second-order valence-electron chi connectivity index (χ2n) is 8.62. The maximum absolute atomic E-state index is 13.4. The minimum Gasteiger partial charge on any atom is -0.462 e. The van der Waals surface area contributed by atoms with Crippen molar-refractivity contribution in [3.63, 3.8) is 0 Å². The lowest BCUT2D eigenvalue weighted by Crippen LogP contribution is -2.35. The second-order valence-corrected chi connectivity index (χ2v) is 8.62. The van der Waals surface area contributed by atoms with E-state index in [2.05, 4.69) is 9.98 Å². The number of benzene rings is 1. The first-order chi connectivity index (χ1) is 18.4. The number of esters is 1. The summed E-state index contributed by atoms with van der Waals surface area (Å²) in [4.78, 5) is 59.6. The SMILES string of the molecule is CCOC(=O)c1cc2c(=O)n3ccccc3nc2n(C[C@@H]2CCCO2)c1=NC(=O)c1ccccc1[N+](=O)[O-]. The molecule has 12 nitrogen and oxygen atoms in total. The highest BCUT2D eigenvalue weighted by atomic mass is 16.6. The molecule has 1 saturated heterocycles. The van der Waals surface area contributed by atoms with Crippen molar-refractivity contribution in [3.8, 4) is 0 Å². The van der Waals surface area contributed by atoms with Crippen LogP contribution in [0.1, 0.15) is 40.5 Å². The molecular weight excluding hydrogens is 494 g/mol. The molecule has 1 fully saturated rings. The van der Waals surface area contributed by atoms with Gasteiger partial charge in [0.05, 0.1) is 29.6 Å². The van der Waals surface area contributed by atoms with Gasteiger partial charge in [0.25, 0.3) is 17.2 Å². The topological polar surface area (TPSA) is 147 Å². The molecule has 0 radical (unpaired) electrons. The summed E-state index contributed by atoms with van der Waals surface area (Å²) < 4.78 is 13.9. The molecular formula is C26H23N5O7. The predicted octanol–water partition coefficient (Wildman–Crippen LogP) is 2.65. The fraction of sp³-hybridized carbons (Fsp3) is 0.269. The Morgan fingerprint density at radius 3 is 2.74 bits per heavy atom. The van der Waals surface area contributed by atoms with Gasteiger partial charge < -0.3 is 14.0 Å². The number of rotatable bonds is 6. The molecule has 5 rings (SSSR count). The Balaban J connectivity index is 1.87. The number of hydrogen-bond donors (Lipinski definition) is 0. The number of fused-ring (bicyclic) bond motifs is 2. The van der Waals surface area contributed by atoms with Gasteiger partial charge in [0.1, 0.15) is 22.4 Å². The van der Waals surface area contributed by atoms with Crippen molar-refractivity contribution in [2.45, 2.75) is 32.4 Å². The number of para-hydroxylation sites is 1. The zero-order valence-corrected chi connectivity index (χ0v) is 20.4. The molecule has 1 aromatic carbocycles. The molecule has 1 aliphatic heterocycles. The number of amides is 1. The molecule has 4 aromatic rings. The highest BCUT2D eigenvalue weighted by molar-refractivity contribution is 6.00. The summed E-state index contributed by atoms with van der Waals surface area (Å²) in [6, 6.07) is 11.8. The average molecular weight is 517 g/mol. The zero-order valence-electron chi connectivity index (χ0n) is 20.4. The molecule has 38 heavy (non-hydrogen) atoms. The van der Waals surface area contributed by atoms with E-state index in [1.807, 2.05) is 0 Å². The average Bonchev–Trinajstić information content (AvgIpc) is 3.43. The van der Waals surface area contributed by atoms with Crippen LogP contribution in [-0.4, -0.2) is 50.1 Å². The highest BCUT2D eigenvalue weighted by Crippen LogP contribution is 2.20. The van der Waals surface area contributed by atoms with Crippen molar-refractivity contribution < 1.29 is 24.0 Å². The Bertz CT molecular complexity index is 1720. The summed E-state index contributed by atoms with van der Waals surface area (Å²) >= 11 is 0. The monoisotopic (exact) mass is 517 g/mol. The standard InChI is InChI=1S/C26H23N5O7/c1-2-37-26(34)19-14-18-22(27-21-11-5-6-12-29(21)25(18)33)30(15-16-8-7-13-38-16)23(19)28-24(32)17-9-3-4-10-20(17)31(35)36/h3-6,9-12,14,16H,2,7-8,13,15H2,1H3/t16-/m0/s1. The van der Waals surface area contributed by atoms with E-state index < -0.39 is 28.0 Å². The fourth-order valence-corrected chi connectivity index (χ4v) is 4.49. The van der Waals surface area contributed by atoms with Crippen LogP contribution in [-0.2, 0) is 16.0 Å². The Morgan fingerprint density at radius 1 is 1.21 bits per heavy atom. The van der Waals surface area contributed by atoms with Crippen LogP contribution in [0.4, 0.5) is 5.69 Å². The van der Waals surface area contributed by atoms with Crippen LogP contribution < -0.4 is 11.0 Å². The van der Waals surface area contributed by atoms with Gasteiger partial charge in [-0.1, -0.05) is 18.2 Å². The highest BCUT2D eigenvalue weighted by Gasteiger charge is 2.25. The molecule has 0 unspecified atom stereocenters. The van der Waals surface area contributed by atoms with Gasteiger partial charge >= 0.3 is 5.97 Å². The Morgan fingerprint density at radius 2 is 2.00 bits per heavy atom. The van der Waals surface area contributed by atoms with E-state index in [-0.39, 0.29) is 46.9 Å². The van der Waals surface area contributed by atoms with Crippen molar-refractivity contribution in [1.29, 1.82) is 0 Å². The van der Waals surface area contributed by atoms with Crippen molar-refractivity contribution in [2.24, 2.45) is 4.99 Å². The lowest BCUT2D eigenvalue weighted by Gasteiger charge is -2.18. The molecule has 0 saturated carbocycles. The smallest absolute Gasteiger partial charge is 0.341 e. The van der Waals surface area contributed by atoms with E-state index in [1.54, 1.807) is 31.3 Å². The summed E-state index contributed by atoms with van der Waals surface area (Å²) in [6.45, 7) is 2.34. The number of nitro benzene ring substituents is 1. The number of aromatic nitrogens is 3. The Hall–Kier alpha value is -4.71. The third-order valence-electron chi connectivity index (χ3n) is 6.23. The molecule has 194 valence electrons. The van der Waals surface area contributed by atoms with E-state index in [4.69, 9.17) is 9.47 Å². The molecule has 1 atom stereocenters. The fourth-order valence-electron chi connectivity index (χ4n) is 4.49. The quantitative estimate of drug-likeness (QED) is 0.164. The molecule has 0 N–H and O–H groups in total. The maximum atomic E-state index is 13.4. The van der Waals surface area contributed by atoms with Crippen LogP contribution in [0, 0.1) is 10.1 Å². The zero-order chi connectivity index (χ0) is 26.8. The van der Waals surface area contributed by atoms with E-state index >= 15 is 0 Å². The molecule has 3 aromatic heterocycles. The summed E-state index contributed by atoms with van der Waals surface area (Å²) in [5.41, 5.74) is -0.810. The summed E-state index contributed by atoms with van der Waals surface area (Å²) in [5, 5.41) is 11.7. The van der Waals surface area contributed by atoms with Crippen LogP contribution >= 0.6 is 0 Å². The largest absolute Gasteiger partial charge is 0.462 e. The minimum absolute atomic E-state index is 0.0368. The van der Waals surface area contributed by atoms with E-state index in [1.165, 1.54) is 39.3 Å². The molecule has 12 heteroatoms. The first-order valence-corrected chi connectivity index (χ1v) is 12.0. The normalized spacial score (nSPS) is 15.7. The molecule has 0 spiro atoms. The van der Waals surface area contributed by atoms with Crippen LogP contribution in [0.5, 0.6) is 0 Å². The van der Waals surface area contributed by atoms with Crippen molar-refractivity contribution in [2.75, 3.05) is 13.2 Å². The maximum Gasteiger partial charge on any atom is 0.341 e. The van der Waals surface area contributed by atoms with Crippen LogP contribution in [0.25, 0.3) is 16.7 Å². The van der Waals surface area contributed by atoms with Gasteiger partial charge in [0.2, 0.25) is 0 Å². The molecule has 0 aliphatic carbocycles. The van der Waals surface area contributed by atoms with Gasteiger partial charge in [0, 0.05) is 18.9 Å².